The number of carbonyl (C=O) groups excluding carboxylic acids is 1. The molecule has 1 fully saturated rings. The van der Waals surface area contributed by atoms with Gasteiger partial charge in [-0.3, -0.25) is 4.79 Å². The minimum Gasteiger partial charge on any atom is -0.333 e. The number of carbonyl (C=O) groups is 1. The molecule has 0 bridgehead atoms. The Bertz CT molecular complexity index is 448. The summed E-state index contributed by atoms with van der Waals surface area (Å²) < 4.78 is 2.12. The molecule has 1 saturated carbocycles. The van der Waals surface area contributed by atoms with E-state index in [-0.39, 0.29) is 11.3 Å². The van der Waals surface area contributed by atoms with Crippen LogP contribution in [0.3, 0.4) is 0 Å². The minimum absolute atomic E-state index is 0.247. The van der Waals surface area contributed by atoms with Crippen molar-refractivity contribution in [2.24, 2.45) is 11.1 Å². The van der Waals surface area contributed by atoms with Crippen molar-refractivity contribution in [2.45, 2.75) is 38.8 Å². The third-order valence-corrected chi connectivity index (χ3v) is 4.44. The summed E-state index contributed by atoms with van der Waals surface area (Å²) in [6.07, 6.45) is 7.94. The molecule has 18 heavy (non-hydrogen) atoms. The lowest BCUT2D eigenvalue weighted by atomic mass is 9.84. The van der Waals surface area contributed by atoms with Crippen molar-refractivity contribution in [2.75, 3.05) is 13.1 Å². The molecule has 0 atom stereocenters. The number of fused-ring (bicyclic) bond motifs is 1. The number of aromatic nitrogens is 2. The molecule has 0 spiro atoms. The SMILES string of the molecule is NCC1(C(=O)N2CCn3ccnc3C2)CCCC1. The molecule has 5 heteroatoms. The summed E-state index contributed by atoms with van der Waals surface area (Å²) in [6.45, 7) is 2.75. The smallest absolute Gasteiger partial charge is 0.230 e. The average Bonchev–Trinajstić information content (AvgIpc) is 3.06. The van der Waals surface area contributed by atoms with Crippen molar-refractivity contribution in [1.29, 1.82) is 0 Å². The summed E-state index contributed by atoms with van der Waals surface area (Å²) in [7, 11) is 0. The molecule has 1 aliphatic carbocycles. The van der Waals surface area contributed by atoms with Gasteiger partial charge in [-0.25, -0.2) is 4.98 Å². The molecule has 1 amide bonds. The van der Waals surface area contributed by atoms with Crippen LogP contribution < -0.4 is 5.73 Å². The zero-order chi connectivity index (χ0) is 12.6. The van der Waals surface area contributed by atoms with Crippen molar-refractivity contribution in [3.63, 3.8) is 0 Å². The molecule has 5 nitrogen and oxygen atoms in total. The number of rotatable bonds is 2. The van der Waals surface area contributed by atoms with Crippen LogP contribution in [-0.4, -0.2) is 33.4 Å². The molecular weight excluding hydrogens is 228 g/mol. The molecular formula is C13H20N4O. The molecule has 2 N–H and O–H groups in total. The first-order chi connectivity index (χ1) is 8.75. The monoisotopic (exact) mass is 248 g/mol. The van der Waals surface area contributed by atoms with Gasteiger partial charge in [-0.1, -0.05) is 12.8 Å². The normalized spacial score (nSPS) is 21.9. The third kappa shape index (κ3) is 1.73. The highest BCUT2D eigenvalue weighted by molar-refractivity contribution is 5.83. The molecule has 1 aromatic rings. The van der Waals surface area contributed by atoms with Gasteiger partial charge in [0, 0.05) is 32.0 Å². The number of imidazole rings is 1. The Balaban J connectivity index is 1.78. The molecule has 0 saturated heterocycles. The second-order valence-electron chi connectivity index (χ2n) is 5.46. The van der Waals surface area contributed by atoms with Crippen LogP contribution in [0.2, 0.25) is 0 Å². The van der Waals surface area contributed by atoms with Crippen molar-refractivity contribution in [1.82, 2.24) is 14.5 Å². The van der Waals surface area contributed by atoms with Crippen LogP contribution in [0.1, 0.15) is 31.5 Å². The van der Waals surface area contributed by atoms with Gasteiger partial charge in [0.25, 0.3) is 0 Å². The quantitative estimate of drug-likeness (QED) is 0.839. The van der Waals surface area contributed by atoms with Crippen LogP contribution in [0, 0.1) is 5.41 Å². The van der Waals surface area contributed by atoms with Gasteiger partial charge in [0.15, 0.2) is 0 Å². The summed E-state index contributed by atoms with van der Waals surface area (Å²) in [5, 5.41) is 0. The van der Waals surface area contributed by atoms with E-state index in [0.717, 1.165) is 44.6 Å². The molecule has 0 radical (unpaired) electrons. The van der Waals surface area contributed by atoms with Gasteiger partial charge < -0.3 is 15.2 Å². The standard InChI is InChI=1S/C13H20N4O/c14-10-13(3-1-2-4-13)12(18)17-8-7-16-6-5-15-11(16)9-17/h5-6H,1-4,7-10,14H2. The lowest BCUT2D eigenvalue weighted by molar-refractivity contribution is -0.143. The van der Waals surface area contributed by atoms with Gasteiger partial charge in [0.1, 0.15) is 5.82 Å². The predicted octanol–water partition coefficient (Wildman–Crippen LogP) is 0.744. The predicted molar refractivity (Wildman–Crippen MR) is 67.6 cm³/mol. The van der Waals surface area contributed by atoms with Gasteiger partial charge >= 0.3 is 0 Å². The Labute approximate surface area is 107 Å². The topological polar surface area (TPSA) is 64.2 Å². The Kier molecular flexibility index (Phi) is 2.86. The molecule has 0 aromatic carbocycles. The van der Waals surface area contributed by atoms with Crippen molar-refractivity contribution in [3.8, 4) is 0 Å². The van der Waals surface area contributed by atoms with Gasteiger partial charge in [-0.05, 0) is 12.8 Å². The van der Waals surface area contributed by atoms with E-state index in [0.29, 0.717) is 13.1 Å². The molecule has 3 rings (SSSR count). The molecule has 2 aliphatic rings. The number of hydrogen-bond donors (Lipinski definition) is 1. The maximum Gasteiger partial charge on any atom is 0.230 e. The van der Waals surface area contributed by atoms with Gasteiger partial charge in [-0.2, -0.15) is 0 Å². The first-order valence-electron chi connectivity index (χ1n) is 6.75. The maximum atomic E-state index is 12.7. The molecule has 0 unspecified atom stereocenters. The van der Waals surface area contributed by atoms with Gasteiger partial charge in [0.2, 0.25) is 5.91 Å². The summed E-state index contributed by atoms with van der Waals surface area (Å²) in [5.41, 5.74) is 5.60. The molecule has 1 aliphatic heterocycles. The van der Waals surface area contributed by atoms with E-state index in [1.807, 2.05) is 11.1 Å². The van der Waals surface area contributed by atoms with Crippen LogP contribution in [0.15, 0.2) is 12.4 Å². The minimum atomic E-state index is -0.283. The van der Waals surface area contributed by atoms with Gasteiger partial charge in [0.05, 0.1) is 12.0 Å². The number of nitrogens with two attached hydrogens (primary N) is 1. The highest BCUT2D eigenvalue weighted by atomic mass is 16.2. The summed E-state index contributed by atoms with van der Waals surface area (Å²) >= 11 is 0. The molecule has 98 valence electrons. The average molecular weight is 248 g/mol. The van der Waals surface area contributed by atoms with Crippen LogP contribution in [-0.2, 0) is 17.9 Å². The summed E-state index contributed by atoms with van der Waals surface area (Å²) in [4.78, 5) is 18.9. The zero-order valence-electron chi connectivity index (χ0n) is 10.6. The highest BCUT2D eigenvalue weighted by Crippen LogP contribution is 2.39. The Morgan fingerprint density at radius 2 is 2.17 bits per heavy atom. The van der Waals surface area contributed by atoms with Gasteiger partial charge in [-0.15, -0.1) is 0 Å². The second kappa shape index (κ2) is 4.39. The van der Waals surface area contributed by atoms with Crippen LogP contribution in [0.25, 0.3) is 0 Å². The second-order valence-corrected chi connectivity index (χ2v) is 5.46. The fourth-order valence-electron chi connectivity index (χ4n) is 3.24. The van der Waals surface area contributed by atoms with Crippen LogP contribution >= 0.6 is 0 Å². The largest absolute Gasteiger partial charge is 0.333 e. The van der Waals surface area contributed by atoms with Crippen molar-refractivity contribution >= 4 is 5.91 Å². The van der Waals surface area contributed by atoms with E-state index < -0.39 is 0 Å². The van der Waals surface area contributed by atoms with Crippen LogP contribution in [0.4, 0.5) is 0 Å². The zero-order valence-corrected chi connectivity index (χ0v) is 10.6. The van der Waals surface area contributed by atoms with Crippen LogP contribution in [0.5, 0.6) is 0 Å². The van der Waals surface area contributed by atoms with E-state index in [4.69, 9.17) is 5.73 Å². The van der Waals surface area contributed by atoms with E-state index in [2.05, 4.69) is 9.55 Å². The van der Waals surface area contributed by atoms with E-state index >= 15 is 0 Å². The van der Waals surface area contributed by atoms with E-state index in [9.17, 15) is 4.79 Å². The van der Waals surface area contributed by atoms with Crippen molar-refractivity contribution < 1.29 is 4.79 Å². The Hall–Kier alpha value is -1.36. The highest BCUT2D eigenvalue weighted by Gasteiger charge is 2.42. The maximum absolute atomic E-state index is 12.7. The Morgan fingerprint density at radius 1 is 1.39 bits per heavy atom. The van der Waals surface area contributed by atoms with Crippen molar-refractivity contribution in [3.05, 3.63) is 18.2 Å². The fourth-order valence-corrected chi connectivity index (χ4v) is 3.24. The van der Waals surface area contributed by atoms with E-state index in [1.165, 1.54) is 0 Å². The fraction of sp³-hybridized carbons (Fsp3) is 0.692. The first kappa shape index (κ1) is 11.7. The Morgan fingerprint density at radius 3 is 2.89 bits per heavy atom. The first-order valence-corrected chi connectivity index (χ1v) is 6.75. The lowest BCUT2D eigenvalue weighted by Gasteiger charge is -2.35. The summed E-state index contributed by atoms with van der Waals surface area (Å²) in [6, 6.07) is 0. The number of nitrogens with zero attached hydrogens (tertiary/aromatic N) is 3. The van der Waals surface area contributed by atoms with E-state index in [1.54, 1.807) is 6.20 Å². The summed E-state index contributed by atoms with van der Waals surface area (Å²) in [5.74, 6) is 1.23. The number of amides is 1. The molecule has 2 heterocycles. The lowest BCUT2D eigenvalue weighted by Crippen LogP contribution is -2.49. The third-order valence-electron chi connectivity index (χ3n) is 4.44. The molecule has 1 aromatic heterocycles. The number of hydrogen-bond acceptors (Lipinski definition) is 3.